The molecular formula is C28H33FN4O3. The molecule has 0 saturated carbocycles. The molecule has 0 aliphatic heterocycles. The van der Waals surface area contributed by atoms with Crippen molar-refractivity contribution in [2.24, 2.45) is 5.73 Å². The van der Waals surface area contributed by atoms with Crippen molar-refractivity contribution >= 4 is 17.5 Å². The third-order valence-corrected chi connectivity index (χ3v) is 6.26. The molecule has 0 unspecified atom stereocenters. The van der Waals surface area contributed by atoms with E-state index in [-0.39, 0.29) is 18.0 Å². The minimum absolute atomic E-state index is 0.175. The third-order valence-electron chi connectivity index (χ3n) is 6.26. The van der Waals surface area contributed by atoms with Crippen molar-refractivity contribution in [1.29, 1.82) is 0 Å². The van der Waals surface area contributed by atoms with Crippen molar-refractivity contribution in [2.75, 3.05) is 25.5 Å². The van der Waals surface area contributed by atoms with Gasteiger partial charge in [0.25, 0.3) is 5.91 Å². The molecule has 2 amide bonds. The SMILES string of the molecule is CN(C[C@@H](O)[C@H](Cc1ccccc1)N(C)C(=O)c1cccc(C(N)=O)c1)c1cncc(C(C)(C)F)c1. The Bertz CT molecular complexity index is 1200. The van der Waals surface area contributed by atoms with Crippen molar-refractivity contribution in [2.45, 2.75) is 38.1 Å². The highest BCUT2D eigenvalue weighted by Crippen LogP contribution is 2.27. The second-order valence-electron chi connectivity index (χ2n) is 9.47. The van der Waals surface area contributed by atoms with Crippen molar-refractivity contribution in [3.63, 3.8) is 0 Å². The number of hydrogen-bond donors (Lipinski definition) is 2. The van der Waals surface area contributed by atoms with Crippen molar-refractivity contribution < 1.29 is 19.1 Å². The summed E-state index contributed by atoms with van der Waals surface area (Å²) in [5, 5.41) is 11.3. The Morgan fingerprint density at radius 3 is 2.33 bits per heavy atom. The van der Waals surface area contributed by atoms with E-state index in [4.69, 9.17) is 5.73 Å². The molecule has 0 saturated heterocycles. The largest absolute Gasteiger partial charge is 0.389 e. The summed E-state index contributed by atoms with van der Waals surface area (Å²) in [6.07, 6.45) is 2.55. The number of nitrogens with zero attached hydrogens (tertiary/aromatic N) is 3. The normalized spacial score (nSPS) is 13.1. The summed E-state index contributed by atoms with van der Waals surface area (Å²) in [5.74, 6) is -0.967. The molecule has 1 aromatic heterocycles. The monoisotopic (exact) mass is 492 g/mol. The maximum atomic E-state index is 14.5. The van der Waals surface area contributed by atoms with Gasteiger partial charge in [-0.3, -0.25) is 14.6 Å². The molecule has 3 N–H and O–H groups in total. The van der Waals surface area contributed by atoms with Crippen molar-refractivity contribution in [1.82, 2.24) is 9.88 Å². The molecule has 0 aliphatic carbocycles. The van der Waals surface area contributed by atoms with Gasteiger partial charge < -0.3 is 20.6 Å². The Hall–Kier alpha value is -3.78. The summed E-state index contributed by atoms with van der Waals surface area (Å²) in [6.45, 7) is 3.10. The van der Waals surface area contributed by atoms with Gasteiger partial charge in [-0.1, -0.05) is 36.4 Å². The third kappa shape index (κ3) is 6.66. The Morgan fingerprint density at radius 2 is 1.69 bits per heavy atom. The fourth-order valence-corrected chi connectivity index (χ4v) is 4.02. The van der Waals surface area contributed by atoms with E-state index in [1.54, 1.807) is 49.5 Å². The van der Waals surface area contributed by atoms with E-state index >= 15 is 0 Å². The average Bonchev–Trinajstić information content (AvgIpc) is 2.86. The number of primary amides is 1. The summed E-state index contributed by atoms with van der Waals surface area (Å²) in [4.78, 5) is 32.4. The average molecular weight is 493 g/mol. The molecule has 1 heterocycles. The molecule has 0 radical (unpaired) electrons. The number of aliphatic hydroxyl groups excluding tert-OH is 1. The lowest BCUT2D eigenvalue weighted by atomic mass is 9.98. The molecule has 0 fully saturated rings. The van der Waals surface area contributed by atoms with Gasteiger partial charge >= 0.3 is 0 Å². The van der Waals surface area contributed by atoms with Crippen LogP contribution in [0.2, 0.25) is 0 Å². The van der Waals surface area contributed by atoms with Crippen molar-refractivity contribution in [3.8, 4) is 0 Å². The van der Waals surface area contributed by atoms with E-state index in [0.29, 0.717) is 23.2 Å². The molecular weight excluding hydrogens is 459 g/mol. The Labute approximate surface area is 211 Å². The Balaban J connectivity index is 1.86. The Kier molecular flexibility index (Phi) is 8.42. The van der Waals surface area contributed by atoms with Crippen LogP contribution in [0.5, 0.6) is 0 Å². The lowest BCUT2D eigenvalue weighted by Crippen LogP contribution is -2.50. The quantitative estimate of drug-likeness (QED) is 0.451. The van der Waals surface area contributed by atoms with E-state index in [1.807, 2.05) is 30.3 Å². The van der Waals surface area contributed by atoms with Gasteiger partial charge in [0.2, 0.25) is 5.91 Å². The minimum atomic E-state index is -1.55. The van der Waals surface area contributed by atoms with Crippen LogP contribution in [-0.2, 0) is 12.1 Å². The van der Waals surface area contributed by atoms with Crippen LogP contribution < -0.4 is 10.6 Å². The highest BCUT2D eigenvalue weighted by atomic mass is 19.1. The summed E-state index contributed by atoms with van der Waals surface area (Å²) in [5.41, 5.74) is 6.40. The number of aliphatic hydroxyl groups is 1. The number of carbonyl (C=O) groups is 2. The summed E-state index contributed by atoms with van der Waals surface area (Å²) >= 11 is 0. The van der Waals surface area contributed by atoms with Crippen LogP contribution in [0.4, 0.5) is 10.1 Å². The number of nitrogens with two attached hydrogens (primary N) is 1. The van der Waals surface area contributed by atoms with E-state index in [0.717, 1.165) is 5.56 Å². The van der Waals surface area contributed by atoms with E-state index in [1.165, 1.54) is 31.0 Å². The molecule has 3 rings (SSSR count). The summed E-state index contributed by atoms with van der Waals surface area (Å²) < 4.78 is 14.5. The highest BCUT2D eigenvalue weighted by molar-refractivity contribution is 5.99. The zero-order valence-corrected chi connectivity index (χ0v) is 21.1. The van der Waals surface area contributed by atoms with Crippen LogP contribution in [0.3, 0.4) is 0 Å². The van der Waals surface area contributed by atoms with Crippen molar-refractivity contribution in [3.05, 3.63) is 95.3 Å². The number of benzene rings is 2. The first-order valence-electron chi connectivity index (χ1n) is 11.7. The van der Waals surface area contributed by atoms with Gasteiger partial charge in [-0.15, -0.1) is 0 Å². The smallest absolute Gasteiger partial charge is 0.253 e. The zero-order valence-electron chi connectivity index (χ0n) is 21.1. The minimum Gasteiger partial charge on any atom is -0.389 e. The number of rotatable bonds is 10. The molecule has 0 aliphatic rings. The van der Waals surface area contributed by atoms with Gasteiger partial charge in [0, 0.05) is 43.5 Å². The summed E-state index contributed by atoms with van der Waals surface area (Å²) in [7, 11) is 3.41. The van der Waals surface area contributed by atoms with E-state index < -0.39 is 23.7 Å². The number of pyridine rings is 1. The van der Waals surface area contributed by atoms with Gasteiger partial charge in [-0.2, -0.15) is 0 Å². The van der Waals surface area contributed by atoms with Gasteiger partial charge in [0.1, 0.15) is 5.67 Å². The highest BCUT2D eigenvalue weighted by Gasteiger charge is 2.30. The number of anilines is 1. The molecule has 0 spiro atoms. The molecule has 0 bridgehead atoms. The lowest BCUT2D eigenvalue weighted by Gasteiger charge is -2.35. The molecule has 190 valence electrons. The van der Waals surface area contributed by atoms with Crippen LogP contribution in [0, 0.1) is 0 Å². The predicted octanol–water partition coefficient (Wildman–Crippen LogP) is 3.57. The van der Waals surface area contributed by atoms with Crippen LogP contribution >= 0.6 is 0 Å². The fourth-order valence-electron chi connectivity index (χ4n) is 4.02. The van der Waals surface area contributed by atoms with Crippen LogP contribution in [0.25, 0.3) is 0 Å². The zero-order chi connectivity index (χ0) is 26.5. The molecule has 2 atom stereocenters. The topological polar surface area (TPSA) is 99.8 Å². The maximum Gasteiger partial charge on any atom is 0.253 e. The first-order valence-corrected chi connectivity index (χ1v) is 11.7. The molecule has 8 heteroatoms. The van der Waals surface area contributed by atoms with E-state index in [2.05, 4.69) is 4.98 Å². The lowest BCUT2D eigenvalue weighted by molar-refractivity contribution is 0.0465. The molecule has 36 heavy (non-hydrogen) atoms. The van der Waals surface area contributed by atoms with Gasteiger partial charge in [0.05, 0.1) is 24.0 Å². The van der Waals surface area contributed by atoms with E-state index in [9.17, 15) is 19.1 Å². The second-order valence-corrected chi connectivity index (χ2v) is 9.47. The van der Waals surface area contributed by atoms with Crippen LogP contribution in [0.1, 0.15) is 45.7 Å². The molecule has 2 aromatic carbocycles. The number of amides is 2. The van der Waals surface area contributed by atoms with Crippen LogP contribution in [-0.4, -0.2) is 59.6 Å². The standard InChI is InChI=1S/C28H33FN4O3/c1-28(2,29)22-15-23(17-31-16-22)32(3)18-25(34)24(13-19-9-6-5-7-10-19)33(4)27(36)21-12-8-11-20(14-21)26(30)35/h5-12,14-17,24-25,34H,13,18H2,1-4H3,(H2,30,35)/t24-,25+/m0/s1. The first kappa shape index (κ1) is 26.8. The van der Waals surface area contributed by atoms with Crippen LogP contribution in [0.15, 0.2) is 73.1 Å². The Morgan fingerprint density at radius 1 is 1.03 bits per heavy atom. The number of halogens is 1. The predicted molar refractivity (Wildman–Crippen MR) is 139 cm³/mol. The van der Waals surface area contributed by atoms with Gasteiger partial charge in [-0.25, -0.2) is 4.39 Å². The second kappa shape index (κ2) is 11.3. The number of hydrogen-bond acceptors (Lipinski definition) is 5. The molecule has 3 aromatic rings. The number of likely N-dealkylation sites (N-methyl/N-ethyl adjacent to an activating group) is 2. The number of alkyl halides is 1. The van der Waals surface area contributed by atoms with Gasteiger partial charge in [0.15, 0.2) is 0 Å². The summed E-state index contributed by atoms with van der Waals surface area (Å²) in [6, 6.07) is 16.9. The number of carbonyl (C=O) groups excluding carboxylic acids is 2. The fraction of sp³-hybridized carbons (Fsp3) is 0.321. The number of aromatic nitrogens is 1. The van der Waals surface area contributed by atoms with Gasteiger partial charge in [-0.05, 0) is 50.1 Å². The first-order chi connectivity index (χ1) is 17.0. The maximum absolute atomic E-state index is 14.5. The molecule has 7 nitrogen and oxygen atoms in total.